The minimum atomic E-state index is -5.64. The van der Waals surface area contributed by atoms with E-state index in [4.69, 9.17) is 0 Å². The molecular weight excluding hydrogens is 635 g/mol. The lowest BCUT2D eigenvalue weighted by atomic mass is 9.42. The molecule has 0 amide bonds. The van der Waals surface area contributed by atoms with Crippen molar-refractivity contribution in [1.29, 1.82) is 0 Å². The Hall–Kier alpha value is -0.770. The van der Waals surface area contributed by atoms with Gasteiger partial charge in [-0.25, -0.2) is 8.42 Å². The number of aliphatic hydroxyl groups is 1. The first-order valence-corrected chi connectivity index (χ1v) is 20.7. The van der Waals surface area contributed by atoms with Crippen molar-refractivity contribution in [2.24, 2.45) is 40.4 Å². The van der Waals surface area contributed by atoms with Crippen LogP contribution in [0.1, 0.15) is 155 Å². The number of sulfone groups is 1. The maximum Gasteiger partial charge on any atom is 0.453 e. The molecule has 8 atom stereocenters. The van der Waals surface area contributed by atoms with Gasteiger partial charge in [-0.05, 0) is 91.8 Å². The molecule has 0 aliphatic heterocycles. The van der Waals surface area contributed by atoms with Gasteiger partial charge in [0.2, 0.25) is 0 Å². The second-order valence-electron chi connectivity index (χ2n) is 16.5. The number of alkyl halides is 5. The third-order valence-electron chi connectivity index (χ3n) is 13.5. The van der Waals surface area contributed by atoms with E-state index >= 15 is 0 Å². The van der Waals surface area contributed by atoms with E-state index in [0.29, 0.717) is 48.2 Å². The molecule has 0 saturated heterocycles. The minimum absolute atomic E-state index is 0.0653. The molecule has 0 unspecified atom stereocenters. The van der Waals surface area contributed by atoms with Crippen LogP contribution < -0.4 is 0 Å². The molecule has 0 radical (unpaired) electrons. The summed E-state index contributed by atoms with van der Waals surface area (Å²) in [6.45, 7) is 4.86. The lowest BCUT2D eigenvalue weighted by Gasteiger charge is -2.62. The van der Waals surface area contributed by atoms with Crippen molar-refractivity contribution in [3.05, 3.63) is 0 Å². The van der Waals surface area contributed by atoms with Crippen LogP contribution in [0, 0.1) is 40.4 Å². The maximum atomic E-state index is 13.0. The van der Waals surface area contributed by atoms with E-state index in [0.717, 1.165) is 64.2 Å². The van der Waals surface area contributed by atoms with Crippen LogP contribution >= 0.6 is 0 Å². The highest BCUT2D eigenvalue weighted by atomic mass is 32.2. The molecule has 4 rings (SSSR count). The summed E-state index contributed by atoms with van der Waals surface area (Å²) in [5, 5.41) is 11.0. The van der Waals surface area contributed by atoms with E-state index < -0.39 is 40.5 Å². The van der Waals surface area contributed by atoms with Crippen molar-refractivity contribution in [3.63, 3.8) is 0 Å². The van der Waals surface area contributed by atoms with E-state index in [1.54, 1.807) is 0 Å². The average Bonchev–Trinajstić information content (AvgIpc) is 3.29. The highest BCUT2D eigenvalue weighted by Crippen LogP contribution is 2.67. The molecule has 274 valence electrons. The standard InChI is InChI=1S/C37H61F5O4S/c1-34-21-18-29(43)26-28(34)25-27(33-30-16-17-32(44)35(30,2)22-19-31(33)34)15-12-10-8-6-4-3-5-7-9-11-13-23-47(45,46)24-14-20-36(38,39)37(40,41)42/h27-28,30-33,44H,3-26H2,1-2H3/t27-,28+,30+,31+,32+,33+,34+,35+/m1/s1. The summed E-state index contributed by atoms with van der Waals surface area (Å²) < 4.78 is 86.6. The first-order valence-electron chi connectivity index (χ1n) is 18.8. The maximum absolute atomic E-state index is 13.0. The van der Waals surface area contributed by atoms with Gasteiger partial charge in [-0.2, -0.15) is 22.0 Å². The highest BCUT2D eigenvalue weighted by Gasteiger charge is 2.62. The molecule has 4 nitrogen and oxygen atoms in total. The fourth-order valence-electron chi connectivity index (χ4n) is 10.6. The quantitative estimate of drug-likeness (QED) is 0.114. The summed E-state index contributed by atoms with van der Waals surface area (Å²) in [6.07, 6.45) is 12.9. The van der Waals surface area contributed by atoms with Gasteiger partial charge in [0.1, 0.15) is 15.6 Å². The lowest BCUT2D eigenvalue weighted by Crippen LogP contribution is -2.57. The van der Waals surface area contributed by atoms with Crippen molar-refractivity contribution < 1.29 is 40.3 Å². The zero-order chi connectivity index (χ0) is 34.5. The summed E-state index contributed by atoms with van der Waals surface area (Å²) in [4.78, 5) is 12.5. The van der Waals surface area contributed by atoms with Gasteiger partial charge in [0.25, 0.3) is 0 Å². The summed E-state index contributed by atoms with van der Waals surface area (Å²) >= 11 is 0. The number of carbonyl (C=O) groups excluding carboxylic acids is 1. The van der Waals surface area contributed by atoms with Gasteiger partial charge < -0.3 is 5.11 Å². The third-order valence-corrected chi connectivity index (χ3v) is 15.3. The van der Waals surface area contributed by atoms with Gasteiger partial charge in [0.15, 0.2) is 0 Å². The number of hydrogen-bond acceptors (Lipinski definition) is 4. The number of unbranched alkanes of at least 4 members (excludes halogenated alkanes) is 10. The van der Waals surface area contributed by atoms with Crippen LogP contribution in [0.4, 0.5) is 22.0 Å². The fraction of sp³-hybridized carbons (Fsp3) is 0.973. The fourth-order valence-corrected chi connectivity index (χ4v) is 12.0. The van der Waals surface area contributed by atoms with Gasteiger partial charge in [-0.15, -0.1) is 0 Å². The van der Waals surface area contributed by atoms with Crippen molar-refractivity contribution in [3.8, 4) is 0 Å². The van der Waals surface area contributed by atoms with E-state index in [2.05, 4.69) is 13.8 Å². The number of carbonyl (C=O) groups is 1. The van der Waals surface area contributed by atoms with Crippen molar-refractivity contribution in [2.45, 2.75) is 173 Å². The molecule has 4 saturated carbocycles. The highest BCUT2D eigenvalue weighted by molar-refractivity contribution is 7.91. The van der Waals surface area contributed by atoms with E-state index in [-0.39, 0.29) is 22.7 Å². The SMILES string of the molecule is C[C@]12CCC(=O)C[C@@H]1C[C@@H](CCCCCCCCCCCCCS(=O)(=O)CCCC(F)(F)C(F)(F)F)[C@@H]1[C@@H]2CC[C@]2(C)[C@@H](O)CC[C@@H]12. The third kappa shape index (κ3) is 9.52. The van der Waals surface area contributed by atoms with Crippen LogP contribution in [0.25, 0.3) is 0 Å². The van der Waals surface area contributed by atoms with E-state index in [9.17, 15) is 40.3 Å². The summed E-state index contributed by atoms with van der Waals surface area (Å²) in [5.41, 5.74) is 0.350. The first-order chi connectivity index (χ1) is 22.0. The predicted octanol–water partition coefficient (Wildman–Crippen LogP) is 10.3. The Morgan fingerprint density at radius 1 is 0.745 bits per heavy atom. The Morgan fingerprint density at radius 2 is 1.30 bits per heavy atom. The Balaban J connectivity index is 1.07. The van der Waals surface area contributed by atoms with Crippen LogP contribution in [0.5, 0.6) is 0 Å². The minimum Gasteiger partial charge on any atom is -0.393 e. The molecule has 0 heterocycles. The average molecular weight is 697 g/mol. The molecule has 10 heteroatoms. The van der Waals surface area contributed by atoms with Gasteiger partial charge in [0, 0.05) is 19.3 Å². The molecular formula is C37H61F5O4S. The first kappa shape index (κ1) is 39.0. The number of Topliss-reactive ketones (excluding diaryl/α,β-unsaturated/α-hetero) is 1. The van der Waals surface area contributed by atoms with Crippen molar-refractivity contribution in [2.75, 3.05) is 11.5 Å². The monoisotopic (exact) mass is 696 g/mol. The Labute approximate surface area is 280 Å². The van der Waals surface area contributed by atoms with Gasteiger partial charge in [-0.1, -0.05) is 84.5 Å². The van der Waals surface area contributed by atoms with E-state index in [1.807, 2.05) is 0 Å². The predicted molar refractivity (Wildman–Crippen MR) is 176 cm³/mol. The largest absolute Gasteiger partial charge is 0.453 e. The number of ketones is 1. The molecule has 4 aliphatic carbocycles. The van der Waals surface area contributed by atoms with Crippen LogP contribution in [0.2, 0.25) is 0 Å². The molecule has 0 spiro atoms. The molecule has 1 N–H and O–H groups in total. The van der Waals surface area contributed by atoms with Gasteiger partial charge >= 0.3 is 12.1 Å². The molecule has 4 fully saturated rings. The van der Waals surface area contributed by atoms with Crippen LogP contribution in [-0.2, 0) is 14.6 Å². The van der Waals surface area contributed by atoms with Gasteiger partial charge in [0.05, 0.1) is 17.6 Å². The molecule has 4 aliphatic rings. The zero-order valence-corrected chi connectivity index (χ0v) is 29.7. The topological polar surface area (TPSA) is 71.4 Å². The van der Waals surface area contributed by atoms with Crippen molar-refractivity contribution >= 4 is 15.6 Å². The van der Waals surface area contributed by atoms with Crippen LogP contribution in [0.3, 0.4) is 0 Å². The Kier molecular flexibility index (Phi) is 13.3. The van der Waals surface area contributed by atoms with Crippen LogP contribution in [0.15, 0.2) is 0 Å². The van der Waals surface area contributed by atoms with E-state index in [1.165, 1.54) is 51.4 Å². The molecule has 0 bridgehead atoms. The van der Waals surface area contributed by atoms with Gasteiger partial charge in [-0.3, -0.25) is 4.79 Å². The number of halogens is 5. The number of rotatable bonds is 18. The second kappa shape index (κ2) is 16.1. The Morgan fingerprint density at radius 3 is 1.91 bits per heavy atom. The number of hydrogen-bond donors (Lipinski definition) is 1. The summed E-state index contributed by atoms with van der Waals surface area (Å²) in [7, 11) is -3.62. The lowest BCUT2D eigenvalue weighted by molar-refractivity contribution is -0.284. The Bertz CT molecular complexity index is 1130. The zero-order valence-electron chi connectivity index (χ0n) is 28.9. The molecule has 0 aromatic carbocycles. The molecule has 0 aromatic heterocycles. The van der Waals surface area contributed by atoms with Crippen molar-refractivity contribution in [1.82, 2.24) is 0 Å². The second-order valence-corrected chi connectivity index (χ2v) is 18.8. The summed E-state index contributed by atoms with van der Waals surface area (Å²) in [6, 6.07) is 0. The normalized spacial score (nSPS) is 34.6. The van der Waals surface area contributed by atoms with Crippen LogP contribution in [-0.4, -0.2) is 49.0 Å². The number of aliphatic hydroxyl groups excluding tert-OH is 1. The molecule has 0 aromatic rings. The number of fused-ring (bicyclic) bond motifs is 5. The smallest absolute Gasteiger partial charge is 0.393 e. The summed E-state index contributed by atoms with van der Waals surface area (Å²) in [5.74, 6) is -1.97. The molecule has 47 heavy (non-hydrogen) atoms.